The molecule has 1 atom stereocenters. The van der Waals surface area contributed by atoms with Crippen molar-refractivity contribution in [2.45, 2.75) is 19.9 Å². The van der Waals surface area contributed by atoms with Crippen LogP contribution in [0.5, 0.6) is 5.75 Å². The Morgan fingerprint density at radius 2 is 2.16 bits per heavy atom. The van der Waals surface area contributed by atoms with Crippen molar-refractivity contribution in [2.24, 2.45) is 0 Å². The van der Waals surface area contributed by atoms with Crippen molar-refractivity contribution in [3.8, 4) is 5.75 Å². The molecule has 0 bridgehead atoms. The second-order valence-corrected chi connectivity index (χ2v) is 4.52. The maximum atomic E-state index is 12.0. The Balaban J connectivity index is 2.18. The van der Waals surface area contributed by atoms with E-state index < -0.39 is 0 Å². The molecule has 0 spiro atoms. The summed E-state index contributed by atoms with van der Waals surface area (Å²) in [5, 5.41) is 2.95. The summed E-state index contributed by atoms with van der Waals surface area (Å²) in [6, 6.07) is 9.36. The normalized spacial score (nSPS) is 11.9. The van der Waals surface area contributed by atoms with E-state index in [0.29, 0.717) is 5.69 Å². The first-order chi connectivity index (χ1) is 9.11. The number of H-pyrrole nitrogens is 1. The van der Waals surface area contributed by atoms with Crippen LogP contribution in [0.2, 0.25) is 0 Å². The standard InChI is InChI=1S/C15H18N2O2/c1-10-6-7-14(19-3)12(9-10)11(2)17-15(18)13-5-4-8-16-13/h4-9,11,16H,1-3H3,(H,17,18). The van der Waals surface area contributed by atoms with Crippen LogP contribution < -0.4 is 10.1 Å². The highest BCUT2D eigenvalue weighted by Crippen LogP contribution is 2.26. The molecule has 0 fully saturated rings. The van der Waals surface area contributed by atoms with Gasteiger partial charge in [-0.3, -0.25) is 4.79 Å². The lowest BCUT2D eigenvalue weighted by Gasteiger charge is -2.17. The lowest BCUT2D eigenvalue weighted by molar-refractivity contribution is 0.0935. The van der Waals surface area contributed by atoms with Crippen molar-refractivity contribution in [3.05, 3.63) is 53.3 Å². The molecule has 1 aromatic heterocycles. The number of aromatic amines is 1. The molecule has 2 N–H and O–H groups in total. The summed E-state index contributed by atoms with van der Waals surface area (Å²) in [5.74, 6) is 0.658. The Labute approximate surface area is 112 Å². The fourth-order valence-corrected chi connectivity index (χ4v) is 2.02. The summed E-state index contributed by atoms with van der Waals surface area (Å²) in [6.45, 7) is 3.96. The van der Waals surface area contributed by atoms with Gasteiger partial charge >= 0.3 is 0 Å². The van der Waals surface area contributed by atoms with E-state index >= 15 is 0 Å². The molecule has 0 aliphatic heterocycles. The molecular formula is C15H18N2O2. The zero-order valence-electron chi connectivity index (χ0n) is 11.4. The number of ether oxygens (including phenoxy) is 1. The fourth-order valence-electron chi connectivity index (χ4n) is 2.02. The molecule has 4 heteroatoms. The summed E-state index contributed by atoms with van der Waals surface area (Å²) in [6.07, 6.45) is 1.73. The van der Waals surface area contributed by atoms with Gasteiger partial charge in [0.1, 0.15) is 11.4 Å². The number of rotatable bonds is 4. The quantitative estimate of drug-likeness (QED) is 0.886. The predicted molar refractivity (Wildman–Crippen MR) is 74.4 cm³/mol. The smallest absolute Gasteiger partial charge is 0.268 e. The maximum Gasteiger partial charge on any atom is 0.268 e. The third-order valence-electron chi connectivity index (χ3n) is 3.04. The van der Waals surface area contributed by atoms with Crippen LogP contribution in [0.1, 0.15) is 34.6 Å². The number of aromatic nitrogens is 1. The first-order valence-electron chi connectivity index (χ1n) is 6.20. The number of hydrogen-bond donors (Lipinski definition) is 2. The van der Waals surface area contributed by atoms with Crippen molar-refractivity contribution < 1.29 is 9.53 Å². The number of amides is 1. The molecule has 2 aromatic rings. The topological polar surface area (TPSA) is 54.1 Å². The highest BCUT2D eigenvalue weighted by Gasteiger charge is 2.15. The van der Waals surface area contributed by atoms with E-state index in [1.165, 1.54) is 0 Å². The predicted octanol–water partition coefficient (Wildman–Crippen LogP) is 2.82. The van der Waals surface area contributed by atoms with Crippen molar-refractivity contribution in [3.63, 3.8) is 0 Å². The van der Waals surface area contributed by atoms with E-state index in [4.69, 9.17) is 4.74 Å². The fraction of sp³-hybridized carbons (Fsp3) is 0.267. The molecule has 1 unspecified atom stereocenters. The molecule has 0 aliphatic rings. The van der Waals surface area contributed by atoms with Crippen LogP contribution in [0.3, 0.4) is 0 Å². The average molecular weight is 258 g/mol. The first kappa shape index (κ1) is 13.2. The molecule has 0 saturated heterocycles. The second-order valence-electron chi connectivity index (χ2n) is 4.52. The highest BCUT2D eigenvalue weighted by atomic mass is 16.5. The minimum absolute atomic E-state index is 0.120. The number of methoxy groups -OCH3 is 1. The van der Waals surface area contributed by atoms with Gasteiger partial charge < -0.3 is 15.0 Å². The van der Waals surface area contributed by atoms with Crippen molar-refractivity contribution >= 4 is 5.91 Å². The van der Waals surface area contributed by atoms with E-state index in [1.807, 2.05) is 32.0 Å². The molecule has 2 rings (SSSR count). The number of benzene rings is 1. The first-order valence-corrected chi connectivity index (χ1v) is 6.20. The minimum atomic E-state index is -0.124. The van der Waals surface area contributed by atoms with E-state index in [-0.39, 0.29) is 11.9 Å². The van der Waals surface area contributed by atoms with Crippen LogP contribution in [-0.2, 0) is 0 Å². The van der Waals surface area contributed by atoms with Crippen LogP contribution in [0.25, 0.3) is 0 Å². The van der Waals surface area contributed by atoms with Crippen LogP contribution in [0.15, 0.2) is 36.5 Å². The highest BCUT2D eigenvalue weighted by molar-refractivity contribution is 5.92. The van der Waals surface area contributed by atoms with Crippen molar-refractivity contribution in [1.29, 1.82) is 0 Å². The molecule has 0 saturated carbocycles. The Hall–Kier alpha value is -2.23. The molecule has 1 amide bonds. The number of carbonyl (C=O) groups is 1. The second kappa shape index (κ2) is 5.61. The Kier molecular flexibility index (Phi) is 3.90. The van der Waals surface area contributed by atoms with E-state index in [9.17, 15) is 4.79 Å². The summed E-state index contributed by atoms with van der Waals surface area (Å²) >= 11 is 0. The Bertz CT molecular complexity index is 562. The molecule has 0 aliphatic carbocycles. The monoisotopic (exact) mass is 258 g/mol. The van der Waals surface area contributed by atoms with Gasteiger partial charge in [-0.25, -0.2) is 0 Å². The maximum absolute atomic E-state index is 12.0. The lowest BCUT2D eigenvalue weighted by atomic mass is 10.0. The molecule has 0 radical (unpaired) electrons. The molecule has 19 heavy (non-hydrogen) atoms. The third-order valence-corrected chi connectivity index (χ3v) is 3.04. The van der Waals surface area contributed by atoms with Gasteiger partial charge in [-0.1, -0.05) is 17.7 Å². The summed E-state index contributed by atoms with van der Waals surface area (Å²) in [7, 11) is 1.63. The molecule has 1 aromatic carbocycles. The van der Waals surface area contributed by atoms with Crippen LogP contribution in [-0.4, -0.2) is 18.0 Å². The Morgan fingerprint density at radius 1 is 1.37 bits per heavy atom. The SMILES string of the molecule is COc1ccc(C)cc1C(C)NC(=O)c1ccc[nH]1. The van der Waals surface area contributed by atoms with Gasteiger partial charge in [-0.15, -0.1) is 0 Å². The van der Waals surface area contributed by atoms with Crippen molar-refractivity contribution in [2.75, 3.05) is 7.11 Å². The van der Waals surface area contributed by atoms with Gasteiger partial charge in [0, 0.05) is 11.8 Å². The van der Waals surface area contributed by atoms with Gasteiger partial charge in [0.25, 0.3) is 5.91 Å². The molecule has 100 valence electrons. The Morgan fingerprint density at radius 3 is 2.79 bits per heavy atom. The third kappa shape index (κ3) is 2.96. The van der Waals surface area contributed by atoms with Crippen LogP contribution in [0.4, 0.5) is 0 Å². The molecular weight excluding hydrogens is 240 g/mol. The lowest BCUT2D eigenvalue weighted by Crippen LogP contribution is -2.27. The van der Waals surface area contributed by atoms with Crippen LogP contribution in [0, 0.1) is 6.92 Å². The molecule has 4 nitrogen and oxygen atoms in total. The molecule has 1 heterocycles. The number of carbonyl (C=O) groups excluding carboxylic acids is 1. The largest absolute Gasteiger partial charge is 0.496 e. The number of aryl methyl sites for hydroxylation is 1. The zero-order chi connectivity index (χ0) is 13.8. The van der Waals surface area contributed by atoms with E-state index in [0.717, 1.165) is 16.9 Å². The van der Waals surface area contributed by atoms with Gasteiger partial charge in [0.15, 0.2) is 0 Å². The zero-order valence-corrected chi connectivity index (χ0v) is 11.4. The number of nitrogens with one attached hydrogen (secondary N) is 2. The summed E-state index contributed by atoms with van der Waals surface area (Å²) in [4.78, 5) is 14.9. The number of hydrogen-bond acceptors (Lipinski definition) is 2. The summed E-state index contributed by atoms with van der Waals surface area (Å²) < 4.78 is 5.33. The van der Waals surface area contributed by atoms with Crippen molar-refractivity contribution in [1.82, 2.24) is 10.3 Å². The average Bonchev–Trinajstić information content (AvgIpc) is 2.92. The van der Waals surface area contributed by atoms with Crippen LogP contribution >= 0.6 is 0 Å². The van der Waals surface area contributed by atoms with Gasteiger partial charge in [-0.2, -0.15) is 0 Å². The van der Waals surface area contributed by atoms with E-state index in [2.05, 4.69) is 10.3 Å². The summed E-state index contributed by atoms with van der Waals surface area (Å²) in [5.41, 5.74) is 2.66. The van der Waals surface area contributed by atoms with Gasteiger partial charge in [0.05, 0.1) is 13.2 Å². The van der Waals surface area contributed by atoms with E-state index in [1.54, 1.807) is 25.4 Å². The van der Waals surface area contributed by atoms with Gasteiger partial charge in [0.2, 0.25) is 0 Å². The van der Waals surface area contributed by atoms with Gasteiger partial charge in [-0.05, 0) is 32.0 Å². The minimum Gasteiger partial charge on any atom is -0.496 e.